The molecule has 0 atom stereocenters. The second kappa shape index (κ2) is 10.2. The Bertz CT molecular complexity index is 1020. The minimum Gasteiger partial charge on any atom is -0.462 e. The first-order valence-corrected chi connectivity index (χ1v) is 9.84. The topological polar surface area (TPSA) is 97.5 Å². The summed E-state index contributed by atoms with van der Waals surface area (Å²) in [5.41, 5.74) is 3.13. The number of fused-ring (bicyclic) bond motifs is 1. The van der Waals surface area contributed by atoms with Gasteiger partial charge < -0.3 is 19.8 Å². The van der Waals surface area contributed by atoms with E-state index in [0.717, 1.165) is 22.9 Å². The Labute approximate surface area is 174 Å². The third kappa shape index (κ3) is 5.70. The van der Waals surface area contributed by atoms with Gasteiger partial charge in [0.1, 0.15) is 0 Å². The normalized spacial score (nSPS) is 10.6. The van der Waals surface area contributed by atoms with Gasteiger partial charge in [0.15, 0.2) is 6.61 Å². The fraction of sp³-hybridized carbons (Fsp3) is 0.261. The van der Waals surface area contributed by atoms with Gasteiger partial charge in [-0.1, -0.05) is 18.2 Å². The summed E-state index contributed by atoms with van der Waals surface area (Å²) in [6.45, 7) is 1.67. The highest BCUT2D eigenvalue weighted by Gasteiger charge is 2.10. The fourth-order valence-corrected chi connectivity index (χ4v) is 3.08. The second-order valence-corrected chi connectivity index (χ2v) is 6.72. The van der Waals surface area contributed by atoms with Crippen LogP contribution in [0.5, 0.6) is 0 Å². The third-order valence-corrected chi connectivity index (χ3v) is 4.55. The zero-order valence-electron chi connectivity index (χ0n) is 16.8. The highest BCUT2D eigenvalue weighted by atomic mass is 16.5. The van der Waals surface area contributed by atoms with Crippen LogP contribution >= 0.6 is 0 Å². The van der Waals surface area contributed by atoms with Crippen molar-refractivity contribution in [3.8, 4) is 0 Å². The number of hydrogen-bond donors (Lipinski definition) is 2. The fourth-order valence-electron chi connectivity index (χ4n) is 3.08. The van der Waals surface area contributed by atoms with Gasteiger partial charge in [-0.25, -0.2) is 4.79 Å². The van der Waals surface area contributed by atoms with E-state index < -0.39 is 17.8 Å². The van der Waals surface area contributed by atoms with E-state index in [9.17, 15) is 14.4 Å². The van der Waals surface area contributed by atoms with E-state index in [-0.39, 0.29) is 13.0 Å². The number of aryl methyl sites for hydroxylation is 1. The molecule has 0 saturated heterocycles. The van der Waals surface area contributed by atoms with Crippen LogP contribution in [-0.4, -0.2) is 36.0 Å². The number of benzene rings is 2. The molecule has 1 heterocycles. The van der Waals surface area contributed by atoms with Crippen molar-refractivity contribution in [3.05, 3.63) is 65.9 Å². The first-order valence-electron chi connectivity index (χ1n) is 9.84. The summed E-state index contributed by atoms with van der Waals surface area (Å²) in [5.74, 6) is -1.27. The zero-order valence-corrected chi connectivity index (χ0v) is 16.8. The van der Waals surface area contributed by atoms with Crippen molar-refractivity contribution < 1.29 is 23.9 Å². The summed E-state index contributed by atoms with van der Waals surface area (Å²) in [7, 11) is 0. The molecule has 0 aliphatic rings. The highest BCUT2D eigenvalue weighted by molar-refractivity contribution is 5.94. The maximum atomic E-state index is 12.0. The second-order valence-electron chi connectivity index (χ2n) is 6.72. The van der Waals surface area contributed by atoms with Crippen LogP contribution in [-0.2, 0) is 25.5 Å². The van der Waals surface area contributed by atoms with Crippen molar-refractivity contribution in [2.75, 3.05) is 18.5 Å². The Morgan fingerprint density at radius 3 is 2.53 bits per heavy atom. The lowest BCUT2D eigenvalue weighted by atomic mass is 10.1. The van der Waals surface area contributed by atoms with Crippen LogP contribution in [0.4, 0.5) is 5.69 Å². The molecule has 0 aliphatic heterocycles. The first-order chi connectivity index (χ1) is 14.6. The van der Waals surface area contributed by atoms with Crippen LogP contribution in [0.15, 0.2) is 54.7 Å². The van der Waals surface area contributed by atoms with E-state index in [1.165, 1.54) is 0 Å². The van der Waals surface area contributed by atoms with Gasteiger partial charge in [0.2, 0.25) is 0 Å². The minimum absolute atomic E-state index is 0.237. The quantitative estimate of drug-likeness (QED) is 0.524. The molecule has 3 rings (SSSR count). The molecule has 2 aromatic carbocycles. The van der Waals surface area contributed by atoms with E-state index in [1.807, 2.05) is 30.5 Å². The Kier molecular flexibility index (Phi) is 7.21. The van der Waals surface area contributed by atoms with Crippen LogP contribution in [0.2, 0.25) is 0 Å². The van der Waals surface area contributed by atoms with E-state index in [2.05, 4.69) is 10.3 Å². The molecular weight excluding hydrogens is 384 g/mol. The number of H-pyrrole nitrogens is 1. The molecule has 2 N–H and O–H groups in total. The van der Waals surface area contributed by atoms with Crippen LogP contribution < -0.4 is 5.32 Å². The van der Waals surface area contributed by atoms with Crippen molar-refractivity contribution in [1.82, 2.24) is 4.98 Å². The molecule has 0 fully saturated rings. The van der Waals surface area contributed by atoms with E-state index in [0.29, 0.717) is 24.3 Å². The SMILES string of the molecule is CCOC(=O)c1ccc(NC(=O)COC(=O)CCCc2c[nH]c3ccccc23)cc1. The van der Waals surface area contributed by atoms with Gasteiger partial charge in [-0.05, 0) is 55.7 Å². The number of ether oxygens (including phenoxy) is 2. The van der Waals surface area contributed by atoms with Gasteiger partial charge in [0.05, 0.1) is 12.2 Å². The molecule has 30 heavy (non-hydrogen) atoms. The Balaban J connectivity index is 1.38. The van der Waals surface area contributed by atoms with Crippen molar-refractivity contribution in [1.29, 1.82) is 0 Å². The molecule has 0 spiro atoms. The predicted molar refractivity (Wildman–Crippen MR) is 113 cm³/mol. The summed E-state index contributed by atoms with van der Waals surface area (Å²) in [5, 5.41) is 3.77. The number of nitrogens with one attached hydrogen (secondary N) is 2. The van der Waals surface area contributed by atoms with Gasteiger partial charge in [0, 0.05) is 29.2 Å². The molecule has 156 valence electrons. The molecule has 0 aliphatic carbocycles. The molecule has 0 unspecified atom stereocenters. The van der Waals surface area contributed by atoms with Crippen molar-refractivity contribution in [3.63, 3.8) is 0 Å². The van der Waals surface area contributed by atoms with Crippen molar-refractivity contribution in [2.45, 2.75) is 26.2 Å². The summed E-state index contributed by atoms with van der Waals surface area (Å²) in [6, 6.07) is 14.3. The Morgan fingerprint density at radius 1 is 1.00 bits per heavy atom. The molecule has 0 radical (unpaired) electrons. The summed E-state index contributed by atoms with van der Waals surface area (Å²) >= 11 is 0. The lowest BCUT2D eigenvalue weighted by Gasteiger charge is -2.07. The molecule has 7 heteroatoms. The smallest absolute Gasteiger partial charge is 0.338 e. The average Bonchev–Trinajstić information content (AvgIpc) is 3.16. The van der Waals surface area contributed by atoms with E-state index in [4.69, 9.17) is 9.47 Å². The molecule has 1 aromatic heterocycles. The standard InChI is InChI=1S/C23H24N2O5/c1-2-29-23(28)16-10-12-18(13-11-16)25-21(26)15-30-22(27)9-5-6-17-14-24-20-8-4-3-7-19(17)20/h3-4,7-8,10-14,24H,2,5-6,9,15H2,1H3,(H,25,26). The first kappa shape index (κ1) is 21.1. The lowest BCUT2D eigenvalue weighted by Crippen LogP contribution is -2.20. The number of amides is 1. The number of hydrogen-bond acceptors (Lipinski definition) is 5. The molecule has 3 aromatic rings. The predicted octanol–water partition coefficient (Wildman–Crippen LogP) is 3.85. The van der Waals surface area contributed by atoms with Crippen LogP contribution in [0.25, 0.3) is 10.9 Å². The van der Waals surface area contributed by atoms with Crippen molar-refractivity contribution >= 4 is 34.4 Å². The largest absolute Gasteiger partial charge is 0.462 e. The number of carbonyl (C=O) groups excluding carboxylic acids is 3. The Morgan fingerprint density at radius 2 is 1.77 bits per heavy atom. The van der Waals surface area contributed by atoms with E-state index >= 15 is 0 Å². The summed E-state index contributed by atoms with van der Waals surface area (Å²) in [6.07, 6.45) is 3.58. The van der Waals surface area contributed by atoms with Gasteiger partial charge in [-0.3, -0.25) is 9.59 Å². The van der Waals surface area contributed by atoms with Gasteiger partial charge >= 0.3 is 11.9 Å². The summed E-state index contributed by atoms with van der Waals surface area (Å²) in [4.78, 5) is 38.7. The summed E-state index contributed by atoms with van der Waals surface area (Å²) < 4.78 is 9.95. The molecule has 1 amide bonds. The average molecular weight is 408 g/mol. The number of para-hydroxylation sites is 1. The number of aromatic amines is 1. The van der Waals surface area contributed by atoms with E-state index in [1.54, 1.807) is 31.2 Å². The number of rotatable bonds is 9. The molecule has 7 nitrogen and oxygen atoms in total. The lowest BCUT2D eigenvalue weighted by molar-refractivity contribution is -0.147. The number of esters is 2. The maximum absolute atomic E-state index is 12.0. The number of anilines is 1. The van der Waals surface area contributed by atoms with Gasteiger partial charge in [0.25, 0.3) is 5.91 Å². The third-order valence-electron chi connectivity index (χ3n) is 4.55. The van der Waals surface area contributed by atoms with Crippen LogP contribution in [0, 0.1) is 0 Å². The molecule has 0 bridgehead atoms. The number of aromatic nitrogens is 1. The van der Waals surface area contributed by atoms with Crippen LogP contribution in [0.3, 0.4) is 0 Å². The Hall–Kier alpha value is -3.61. The molecule has 0 saturated carbocycles. The monoisotopic (exact) mass is 408 g/mol. The minimum atomic E-state index is -0.441. The zero-order chi connectivity index (χ0) is 21.3. The van der Waals surface area contributed by atoms with Gasteiger partial charge in [-0.2, -0.15) is 0 Å². The van der Waals surface area contributed by atoms with Crippen molar-refractivity contribution in [2.24, 2.45) is 0 Å². The molecular formula is C23H24N2O5. The van der Waals surface area contributed by atoms with Crippen LogP contribution in [0.1, 0.15) is 35.7 Å². The maximum Gasteiger partial charge on any atom is 0.338 e. The number of carbonyl (C=O) groups is 3. The van der Waals surface area contributed by atoms with Gasteiger partial charge in [-0.15, -0.1) is 0 Å². The highest BCUT2D eigenvalue weighted by Crippen LogP contribution is 2.19.